The number of thiazole rings is 1. The Morgan fingerprint density at radius 2 is 2.21 bits per heavy atom. The normalized spacial score (nSPS) is 11.0. The minimum atomic E-state index is 0.0464. The van der Waals surface area contributed by atoms with Crippen LogP contribution >= 0.6 is 11.3 Å². The predicted molar refractivity (Wildman–Crippen MR) is 76.2 cm³/mol. The zero-order valence-electron chi connectivity index (χ0n) is 11.6. The molecule has 0 bridgehead atoms. The summed E-state index contributed by atoms with van der Waals surface area (Å²) < 4.78 is 1.73. The molecule has 19 heavy (non-hydrogen) atoms. The summed E-state index contributed by atoms with van der Waals surface area (Å²) in [7, 11) is 1.86. The first-order valence-corrected chi connectivity index (χ1v) is 7.10. The minimum Gasteiger partial charge on any atom is -0.336 e. The average Bonchev–Trinajstić information content (AvgIpc) is 2.97. The third-order valence-corrected chi connectivity index (χ3v) is 3.93. The van der Waals surface area contributed by atoms with Crippen molar-refractivity contribution in [2.75, 3.05) is 6.54 Å². The third-order valence-electron chi connectivity index (χ3n) is 2.89. The van der Waals surface area contributed by atoms with E-state index in [1.165, 1.54) is 11.3 Å². The van der Waals surface area contributed by atoms with Crippen LogP contribution in [0.4, 0.5) is 0 Å². The molecule has 2 aromatic rings. The van der Waals surface area contributed by atoms with Gasteiger partial charge >= 0.3 is 0 Å². The van der Waals surface area contributed by atoms with Crippen LogP contribution in [0, 0.1) is 0 Å². The summed E-state index contributed by atoms with van der Waals surface area (Å²) in [5, 5.41) is 4.94. The van der Waals surface area contributed by atoms with Crippen LogP contribution in [0.5, 0.6) is 0 Å². The molecule has 0 N–H and O–H groups in total. The standard InChI is InChI=1S/C13H18N4OS/c1-5-17(9(2)3)13(18)11-7-14-12(19-11)10-6-15-16(4)8-10/h6-9H,5H2,1-4H3. The molecule has 1 amide bonds. The molecule has 2 aromatic heterocycles. The first-order chi connectivity index (χ1) is 9.02. The van der Waals surface area contributed by atoms with Crippen LogP contribution in [0.3, 0.4) is 0 Å². The highest BCUT2D eigenvalue weighted by atomic mass is 32.1. The van der Waals surface area contributed by atoms with E-state index in [2.05, 4.69) is 10.1 Å². The molecule has 2 heterocycles. The Bertz CT molecular complexity index is 573. The monoisotopic (exact) mass is 278 g/mol. The first-order valence-electron chi connectivity index (χ1n) is 6.28. The molecular formula is C13H18N4OS. The van der Waals surface area contributed by atoms with Crippen molar-refractivity contribution in [2.24, 2.45) is 7.05 Å². The van der Waals surface area contributed by atoms with Crippen LogP contribution in [0.2, 0.25) is 0 Å². The fourth-order valence-electron chi connectivity index (χ4n) is 1.92. The number of aromatic nitrogens is 3. The van der Waals surface area contributed by atoms with E-state index in [9.17, 15) is 4.79 Å². The molecular weight excluding hydrogens is 260 g/mol. The van der Waals surface area contributed by atoms with E-state index in [-0.39, 0.29) is 11.9 Å². The van der Waals surface area contributed by atoms with Crippen LogP contribution in [0.1, 0.15) is 30.4 Å². The smallest absolute Gasteiger partial charge is 0.265 e. The quantitative estimate of drug-likeness (QED) is 0.863. The lowest BCUT2D eigenvalue weighted by Gasteiger charge is -2.24. The van der Waals surface area contributed by atoms with Crippen LogP contribution in [-0.2, 0) is 7.05 Å². The summed E-state index contributed by atoms with van der Waals surface area (Å²) >= 11 is 1.41. The molecule has 0 aliphatic carbocycles. The largest absolute Gasteiger partial charge is 0.336 e. The number of hydrogen-bond donors (Lipinski definition) is 0. The van der Waals surface area contributed by atoms with Crippen molar-refractivity contribution in [3.63, 3.8) is 0 Å². The van der Waals surface area contributed by atoms with Gasteiger partial charge in [0.2, 0.25) is 0 Å². The van der Waals surface area contributed by atoms with E-state index >= 15 is 0 Å². The lowest BCUT2D eigenvalue weighted by atomic mass is 10.3. The van der Waals surface area contributed by atoms with Crippen molar-refractivity contribution >= 4 is 17.2 Å². The van der Waals surface area contributed by atoms with Gasteiger partial charge in [0, 0.05) is 31.4 Å². The van der Waals surface area contributed by atoms with Gasteiger partial charge in [-0.3, -0.25) is 9.48 Å². The number of carbonyl (C=O) groups excluding carboxylic acids is 1. The minimum absolute atomic E-state index is 0.0464. The maximum Gasteiger partial charge on any atom is 0.265 e. The molecule has 0 spiro atoms. The maximum atomic E-state index is 12.3. The zero-order valence-corrected chi connectivity index (χ0v) is 12.4. The molecule has 0 fully saturated rings. The number of amides is 1. The molecule has 5 nitrogen and oxygen atoms in total. The van der Waals surface area contributed by atoms with Crippen molar-refractivity contribution < 1.29 is 4.79 Å². The van der Waals surface area contributed by atoms with Crippen LogP contribution in [-0.4, -0.2) is 38.2 Å². The molecule has 0 aliphatic heterocycles. The van der Waals surface area contributed by atoms with Gasteiger partial charge in [-0.05, 0) is 20.8 Å². The van der Waals surface area contributed by atoms with Crippen LogP contribution in [0.15, 0.2) is 18.6 Å². The Labute approximate surface area is 116 Å². The number of nitrogens with zero attached hydrogens (tertiary/aromatic N) is 4. The molecule has 102 valence electrons. The maximum absolute atomic E-state index is 12.3. The van der Waals surface area contributed by atoms with E-state index < -0.39 is 0 Å². The molecule has 0 aromatic carbocycles. The molecule has 6 heteroatoms. The van der Waals surface area contributed by atoms with Crippen molar-refractivity contribution in [3.8, 4) is 10.6 Å². The van der Waals surface area contributed by atoms with Crippen LogP contribution < -0.4 is 0 Å². The Balaban J connectivity index is 2.23. The second kappa shape index (κ2) is 5.52. The van der Waals surface area contributed by atoms with Gasteiger partial charge in [-0.2, -0.15) is 5.10 Å². The number of hydrogen-bond acceptors (Lipinski definition) is 4. The highest BCUT2D eigenvalue weighted by Gasteiger charge is 2.20. The van der Waals surface area contributed by atoms with E-state index in [4.69, 9.17) is 0 Å². The van der Waals surface area contributed by atoms with Gasteiger partial charge in [0.05, 0.1) is 12.4 Å². The topological polar surface area (TPSA) is 51.0 Å². The van der Waals surface area contributed by atoms with Gasteiger partial charge in [-0.1, -0.05) is 0 Å². The van der Waals surface area contributed by atoms with Gasteiger partial charge < -0.3 is 4.90 Å². The van der Waals surface area contributed by atoms with E-state index in [1.54, 1.807) is 17.1 Å². The molecule has 0 saturated carbocycles. The Hall–Kier alpha value is -1.69. The Morgan fingerprint density at radius 1 is 1.47 bits per heavy atom. The first kappa shape index (κ1) is 13.7. The van der Waals surface area contributed by atoms with Gasteiger partial charge in [0.15, 0.2) is 0 Å². The average molecular weight is 278 g/mol. The molecule has 0 unspecified atom stereocenters. The summed E-state index contributed by atoms with van der Waals surface area (Å²) in [6.45, 7) is 6.73. The van der Waals surface area contributed by atoms with E-state index in [1.807, 2.05) is 38.9 Å². The summed E-state index contributed by atoms with van der Waals surface area (Å²) in [5.74, 6) is 0.0464. The second-order valence-electron chi connectivity index (χ2n) is 4.62. The Kier molecular flexibility index (Phi) is 3.99. The molecule has 0 radical (unpaired) electrons. The van der Waals surface area contributed by atoms with Gasteiger partial charge in [0.1, 0.15) is 9.88 Å². The molecule has 0 atom stereocenters. The fourth-order valence-corrected chi connectivity index (χ4v) is 2.77. The summed E-state index contributed by atoms with van der Waals surface area (Å²) in [6, 6.07) is 0.196. The molecule has 0 saturated heterocycles. The third kappa shape index (κ3) is 2.84. The Morgan fingerprint density at radius 3 is 2.74 bits per heavy atom. The van der Waals surface area contributed by atoms with Crippen molar-refractivity contribution in [3.05, 3.63) is 23.5 Å². The van der Waals surface area contributed by atoms with Gasteiger partial charge in [-0.25, -0.2) is 4.98 Å². The van der Waals surface area contributed by atoms with Gasteiger partial charge in [-0.15, -0.1) is 11.3 Å². The van der Waals surface area contributed by atoms with Crippen molar-refractivity contribution in [1.29, 1.82) is 0 Å². The number of rotatable bonds is 4. The SMILES string of the molecule is CCN(C(=O)c1cnc(-c2cnn(C)c2)s1)C(C)C. The second-order valence-corrected chi connectivity index (χ2v) is 5.65. The summed E-state index contributed by atoms with van der Waals surface area (Å²) in [4.78, 5) is 19.2. The highest BCUT2D eigenvalue weighted by Crippen LogP contribution is 2.25. The molecule has 0 aliphatic rings. The van der Waals surface area contributed by atoms with E-state index in [0.29, 0.717) is 11.4 Å². The highest BCUT2D eigenvalue weighted by molar-refractivity contribution is 7.16. The fraction of sp³-hybridized carbons (Fsp3) is 0.462. The number of carbonyl (C=O) groups is 1. The number of aryl methyl sites for hydroxylation is 1. The summed E-state index contributed by atoms with van der Waals surface area (Å²) in [6.07, 6.45) is 5.31. The summed E-state index contributed by atoms with van der Waals surface area (Å²) in [5.41, 5.74) is 0.944. The lowest BCUT2D eigenvalue weighted by molar-refractivity contribution is 0.0721. The van der Waals surface area contributed by atoms with Gasteiger partial charge in [0.25, 0.3) is 5.91 Å². The lowest BCUT2D eigenvalue weighted by Crippen LogP contribution is -2.36. The van der Waals surface area contributed by atoms with E-state index in [0.717, 1.165) is 10.6 Å². The molecule has 2 rings (SSSR count). The van der Waals surface area contributed by atoms with Crippen molar-refractivity contribution in [2.45, 2.75) is 26.8 Å². The van der Waals surface area contributed by atoms with Crippen molar-refractivity contribution in [1.82, 2.24) is 19.7 Å². The van der Waals surface area contributed by atoms with Crippen LogP contribution in [0.25, 0.3) is 10.6 Å². The predicted octanol–water partition coefficient (Wildman–Crippen LogP) is 2.41. The zero-order chi connectivity index (χ0) is 14.0.